The number of hydrogen-bond donors (Lipinski definition) is 1. The summed E-state index contributed by atoms with van der Waals surface area (Å²) >= 11 is 6.01. The first-order chi connectivity index (χ1) is 11.0. The van der Waals surface area contributed by atoms with Crippen molar-refractivity contribution in [1.82, 2.24) is 4.90 Å². The van der Waals surface area contributed by atoms with E-state index in [0.717, 1.165) is 25.7 Å². The third kappa shape index (κ3) is 2.90. The summed E-state index contributed by atoms with van der Waals surface area (Å²) in [7, 11) is 1.49. The van der Waals surface area contributed by atoms with E-state index in [1.54, 1.807) is 23.1 Å². The second-order valence-corrected chi connectivity index (χ2v) is 6.67. The first-order valence-electron chi connectivity index (χ1n) is 7.92. The molecule has 1 amide bonds. The number of methoxy groups -OCH3 is 1. The van der Waals surface area contributed by atoms with Gasteiger partial charge < -0.3 is 14.7 Å². The summed E-state index contributed by atoms with van der Waals surface area (Å²) in [5, 5.41) is 9.96. The van der Waals surface area contributed by atoms with E-state index in [-0.39, 0.29) is 11.9 Å². The van der Waals surface area contributed by atoms with Crippen LogP contribution in [-0.4, -0.2) is 41.1 Å². The largest absolute Gasteiger partial charge is 0.495 e. The third-order valence-electron chi connectivity index (χ3n) is 5.01. The number of aliphatic carboxylic acids is 1. The smallest absolute Gasteiger partial charge is 0.326 e. The molecular formula is C17H20ClNO4. The maximum atomic E-state index is 13.0. The summed E-state index contributed by atoms with van der Waals surface area (Å²) in [6.45, 7) is 0. The molecule has 124 valence electrons. The molecule has 2 fully saturated rings. The maximum absolute atomic E-state index is 13.0. The Hall–Kier alpha value is -1.75. The summed E-state index contributed by atoms with van der Waals surface area (Å²) < 4.78 is 5.16. The molecule has 0 bridgehead atoms. The Balaban J connectivity index is 1.93. The molecule has 1 aromatic rings. The first-order valence-corrected chi connectivity index (χ1v) is 8.29. The standard InChI is InChI=1S/C17H20ClNO4/c1-23-15-9-11(6-7-12(15)18)16(20)19-13-5-3-2-4-10(13)8-14(19)17(21)22/h6-7,9-10,13-14H,2-5,8H2,1H3,(H,21,22). The summed E-state index contributed by atoms with van der Waals surface area (Å²) in [4.78, 5) is 26.2. The molecule has 5 nitrogen and oxygen atoms in total. The minimum Gasteiger partial charge on any atom is -0.495 e. The molecule has 3 unspecified atom stereocenters. The van der Waals surface area contributed by atoms with Gasteiger partial charge in [0.15, 0.2) is 0 Å². The van der Waals surface area contributed by atoms with Gasteiger partial charge in [-0.1, -0.05) is 24.4 Å². The lowest BCUT2D eigenvalue weighted by molar-refractivity contribution is -0.141. The Bertz CT molecular complexity index is 633. The zero-order chi connectivity index (χ0) is 16.6. The number of carboxylic acid groups (broad SMARTS) is 1. The van der Waals surface area contributed by atoms with Crippen molar-refractivity contribution < 1.29 is 19.4 Å². The van der Waals surface area contributed by atoms with Crippen molar-refractivity contribution in [1.29, 1.82) is 0 Å². The lowest BCUT2D eigenvalue weighted by Crippen LogP contribution is -2.46. The lowest BCUT2D eigenvalue weighted by Gasteiger charge is -2.33. The van der Waals surface area contributed by atoms with Gasteiger partial charge in [-0.25, -0.2) is 4.79 Å². The molecule has 1 aliphatic heterocycles. The molecule has 0 radical (unpaired) electrons. The number of hydrogen-bond acceptors (Lipinski definition) is 3. The van der Waals surface area contributed by atoms with E-state index in [1.807, 2.05) is 0 Å². The molecular weight excluding hydrogens is 318 g/mol. The van der Waals surface area contributed by atoms with Gasteiger partial charge >= 0.3 is 5.97 Å². The van der Waals surface area contributed by atoms with Crippen molar-refractivity contribution in [3.8, 4) is 5.75 Å². The SMILES string of the molecule is COc1cc(C(=O)N2C(C(=O)O)CC3CCCCC32)ccc1Cl. The number of likely N-dealkylation sites (tertiary alicyclic amines) is 1. The molecule has 0 aromatic heterocycles. The molecule has 6 heteroatoms. The minimum atomic E-state index is -0.923. The fourth-order valence-corrected chi connectivity index (χ4v) is 4.11. The monoisotopic (exact) mass is 337 g/mol. The molecule has 23 heavy (non-hydrogen) atoms. The summed E-state index contributed by atoms with van der Waals surface area (Å²) in [6.07, 6.45) is 4.59. The van der Waals surface area contributed by atoms with Gasteiger partial charge in [0.2, 0.25) is 0 Å². The van der Waals surface area contributed by atoms with E-state index < -0.39 is 12.0 Å². The van der Waals surface area contributed by atoms with Crippen molar-refractivity contribution in [3.05, 3.63) is 28.8 Å². The topological polar surface area (TPSA) is 66.8 Å². The quantitative estimate of drug-likeness (QED) is 0.919. The molecule has 1 saturated heterocycles. The van der Waals surface area contributed by atoms with Crippen LogP contribution in [0.15, 0.2) is 18.2 Å². The second-order valence-electron chi connectivity index (χ2n) is 6.26. The van der Waals surface area contributed by atoms with Crippen LogP contribution in [0, 0.1) is 5.92 Å². The van der Waals surface area contributed by atoms with Gasteiger partial charge in [-0.15, -0.1) is 0 Å². The van der Waals surface area contributed by atoms with Gasteiger partial charge in [-0.3, -0.25) is 4.79 Å². The Morgan fingerprint density at radius 2 is 2.04 bits per heavy atom. The molecule has 1 N–H and O–H groups in total. The van der Waals surface area contributed by atoms with Crippen LogP contribution in [-0.2, 0) is 4.79 Å². The summed E-state index contributed by atoms with van der Waals surface area (Å²) in [5.41, 5.74) is 0.420. The number of carboxylic acids is 1. The number of carbonyl (C=O) groups excluding carboxylic acids is 1. The number of carbonyl (C=O) groups is 2. The Kier molecular flexibility index (Phi) is 4.48. The van der Waals surface area contributed by atoms with Crippen LogP contribution < -0.4 is 4.74 Å². The van der Waals surface area contributed by atoms with Crippen LogP contribution >= 0.6 is 11.6 Å². The van der Waals surface area contributed by atoms with Gasteiger partial charge in [0.1, 0.15) is 11.8 Å². The van der Waals surface area contributed by atoms with Crippen LogP contribution in [0.25, 0.3) is 0 Å². The minimum absolute atomic E-state index is 0.0269. The highest BCUT2D eigenvalue weighted by molar-refractivity contribution is 6.32. The van der Waals surface area contributed by atoms with E-state index in [0.29, 0.717) is 28.7 Å². The first kappa shape index (κ1) is 16.1. The van der Waals surface area contributed by atoms with Crippen LogP contribution in [0.1, 0.15) is 42.5 Å². The zero-order valence-corrected chi connectivity index (χ0v) is 13.8. The highest BCUT2D eigenvalue weighted by atomic mass is 35.5. The second kappa shape index (κ2) is 6.40. The summed E-state index contributed by atoms with van der Waals surface area (Å²) in [6, 6.07) is 4.11. The predicted molar refractivity (Wildman–Crippen MR) is 86.0 cm³/mol. The molecule has 2 aliphatic rings. The predicted octanol–water partition coefficient (Wildman–Crippen LogP) is 3.21. The zero-order valence-electron chi connectivity index (χ0n) is 13.0. The number of halogens is 1. The Labute approximate surface area is 140 Å². The molecule has 0 spiro atoms. The fourth-order valence-electron chi connectivity index (χ4n) is 3.91. The number of amides is 1. The highest BCUT2D eigenvalue weighted by Crippen LogP contribution is 2.41. The van der Waals surface area contributed by atoms with E-state index in [2.05, 4.69) is 0 Å². The Morgan fingerprint density at radius 3 is 2.74 bits per heavy atom. The normalized spacial score (nSPS) is 26.7. The molecule has 3 rings (SSSR count). The number of nitrogens with zero attached hydrogens (tertiary/aromatic N) is 1. The lowest BCUT2D eigenvalue weighted by atomic mass is 9.84. The van der Waals surface area contributed by atoms with Gasteiger partial charge in [-0.2, -0.15) is 0 Å². The average Bonchev–Trinajstić information content (AvgIpc) is 2.94. The Morgan fingerprint density at radius 1 is 1.30 bits per heavy atom. The number of fused-ring (bicyclic) bond motifs is 1. The van der Waals surface area contributed by atoms with Crippen molar-refractivity contribution in [2.45, 2.75) is 44.2 Å². The van der Waals surface area contributed by atoms with E-state index >= 15 is 0 Å². The van der Waals surface area contributed by atoms with Crippen molar-refractivity contribution in [2.24, 2.45) is 5.92 Å². The van der Waals surface area contributed by atoms with Crippen molar-refractivity contribution >= 4 is 23.5 Å². The van der Waals surface area contributed by atoms with Crippen molar-refractivity contribution in [2.75, 3.05) is 7.11 Å². The van der Waals surface area contributed by atoms with Gasteiger partial charge in [0.25, 0.3) is 5.91 Å². The van der Waals surface area contributed by atoms with E-state index in [9.17, 15) is 14.7 Å². The van der Waals surface area contributed by atoms with Gasteiger partial charge in [-0.05, 0) is 43.4 Å². The van der Waals surface area contributed by atoms with Crippen LogP contribution in [0.3, 0.4) is 0 Å². The number of benzene rings is 1. The van der Waals surface area contributed by atoms with Gasteiger partial charge in [0, 0.05) is 11.6 Å². The number of rotatable bonds is 3. The van der Waals surface area contributed by atoms with E-state index in [4.69, 9.17) is 16.3 Å². The fraction of sp³-hybridized carbons (Fsp3) is 0.529. The summed E-state index contributed by atoms with van der Waals surface area (Å²) in [5.74, 6) is -0.456. The van der Waals surface area contributed by atoms with Crippen molar-refractivity contribution in [3.63, 3.8) is 0 Å². The molecule has 1 heterocycles. The molecule has 1 aliphatic carbocycles. The average molecular weight is 338 g/mol. The highest BCUT2D eigenvalue weighted by Gasteiger charge is 2.47. The maximum Gasteiger partial charge on any atom is 0.326 e. The van der Waals surface area contributed by atoms with Gasteiger partial charge in [0.05, 0.1) is 12.1 Å². The molecule has 3 atom stereocenters. The molecule has 1 aromatic carbocycles. The van der Waals surface area contributed by atoms with Crippen LogP contribution in [0.5, 0.6) is 5.75 Å². The van der Waals surface area contributed by atoms with E-state index in [1.165, 1.54) is 7.11 Å². The van der Waals surface area contributed by atoms with Crippen LogP contribution in [0.4, 0.5) is 0 Å². The number of ether oxygens (including phenoxy) is 1. The van der Waals surface area contributed by atoms with Crippen LogP contribution in [0.2, 0.25) is 5.02 Å². The molecule has 1 saturated carbocycles. The third-order valence-corrected chi connectivity index (χ3v) is 5.32.